The minimum Gasteiger partial charge on any atom is -0.355 e. The van der Waals surface area contributed by atoms with Crippen LogP contribution in [0.15, 0.2) is 41.2 Å². The van der Waals surface area contributed by atoms with Gasteiger partial charge in [-0.2, -0.15) is 9.47 Å². The Morgan fingerprint density at radius 2 is 2.22 bits per heavy atom. The van der Waals surface area contributed by atoms with Gasteiger partial charge in [-0.3, -0.25) is 4.68 Å². The van der Waals surface area contributed by atoms with Crippen molar-refractivity contribution in [2.24, 2.45) is 17.8 Å². The van der Waals surface area contributed by atoms with Crippen LogP contribution in [0.4, 0.5) is 5.00 Å². The van der Waals surface area contributed by atoms with Crippen LogP contribution in [0.25, 0.3) is 5.57 Å². The molecule has 0 unspecified atom stereocenters. The van der Waals surface area contributed by atoms with Crippen LogP contribution in [0.5, 0.6) is 0 Å². The standard InChI is InChI=1S/C17H21N9S/c1-10-3-16(27-23-10)21-15-4-14(25-8-12(18)9-25)22-17-13(6-20-26(15)17)11-5-19-24(2)7-11/h3-5,7,12,20,22H,6,8-9,18H2,1-2H3. The SMILES string of the molecule is Cc1cc(N=C2C=C(N3CC(N)C3)NC3=C(c4cnn(C)c4)CNN23)sn1. The van der Waals surface area contributed by atoms with E-state index in [1.807, 2.05) is 42.1 Å². The van der Waals surface area contributed by atoms with E-state index < -0.39 is 0 Å². The van der Waals surface area contributed by atoms with Crippen molar-refractivity contribution < 1.29 is 0 Å². The molecule has 0 amide bonds. The van der Waals surface area contributed by atoms with Crippen molar-refractivity contribution in [3.63, 3.8) is 0 Å². The van der Waals surface area contributed by atoms with Gasteiger partial charge in [0.2, 0.25) is 0 Å². The van der Waals surface area contributed by atoms with Crippen LogP contribution in [-0.2, 0) is 7.05 Å². The molecule has 9 nitrogen and oxygen atoms in total. The first-order valence-electron chi connectivity index (χ1n) is 8.84. The molecule has 0 aliphatic carbocycles. The maximum Gasteiger partial charge on any atom is 0.154 e. The maximum absolute atomic E-state index is 5.99. The van der Waals surface area contributed by atoms with Gasteiger partial charge in [0.15, 0.2) is 5.84 Å². The Bertz CT molecular complexity index is 976. The molecule has 0 spiro atoms. The van der Waals surface area contributed by atoms with Crippen molar-refractivity contribution in [2.75, 3.05) is 19.6 Å². The minimum atomic E-state index is 0.226. The molecule has 2 aromatic heterocycles. The van der Waals surface area contributed by atoms with E-state index in [9.17, 15) is 0 Å². The van der Waals surface area contributed by atoms with Gasteiger partial charge in [-0.05, 0) is 24.5 Å². The molecule has 27 heavy (non-hydrogen) atoms. The summed E-state index contributed by atoms with van der Waals surface area (Å²) in [7, 11) is 1.93. The topological polar surface area (TPSA) is 99.6 Å². The maximum atomic E-state index is 5.99. The van der Waals surface area contributed by atoms with Crippen molar-refractivity contribution in [2.45, 2.75) is 13.0 Å². The molecule has 140 valence electrons. The van der Waals surface area contributed by atoms with Gasteiger partial charge in [0.05, 0.1) is 11.9 Å². The number of nitrogens with one attached hydrogen (secondary N) is 2. The van der Waals surface area contributed by atoms with Crippen molar-refractivity contribution in [1.29, 1.82) is 0 Å². The summed E-state index contributed by atoms with van der Waals surface area (Å²) in [6.45, 7) is 4.37. The summed E-state index contributed by atoms with van der Waals surface area (Å²) in [5.41, 5.74) is 12.6. The number of amidine groups is 1. The van der Waals surface area contributed by atoms with Crippen LogP contribution in [-0.4, -0.2) is 55.6 Å². The molecule has 1 saturated heterocycles. The zero-order chi connectivity index (χ0) is 18.5. The molecule has 0 radical (unpaired) electrons. The lowest BCUT2D eigenvalue weighted by molar-refractivity contribution is 0.184. The normalized spacial score (nSPS) is 21.4. The van der Waals surface area contributed by atoms with Gasteiger partial charge in [0, 0.05) is 56.1 Å². The van der Waals surface area contributed by atoms with Gasteiger partial charge >= 0.3 is 0 Å². The van der Waals surface area contributed by atoms with Crippen molar-refractivity contribution >= 4 is 27.9 Å². The van der Waals surface area contributed by atoms with Crippen LogP contribution >= 0.6 is 11.5 Å². The Kier molecular flexibility index (Phi) is 3.78. The zero-order valence-electron chi connectivity index (χ0n) is 15.2. The summed E-state index contributed by atoms with van der Waals surface area (Å²) in [4.78, 5) is 7.07. The average Bonchev–Trinajstić information content (AvgIpc) is 3.32. The monoisotopic (exact) mass is 383 g/mol. The number of aryl methyl sites for hydroxylation is 2. The Hall–Kier alpha value is -2.69. The number of fused-ring (bicyclic) bond motifs is 1. The molecule has 0 atom stereocenters. The van der Waals surface area contributed by atoms with Crippen LogP contribution in [0.2, 0.25) is 0 Å². The average molecular weight is 383 g/mol. The first-order chi connectivity index (χ1) is 13.1. The summed E-state index contributed by atoms with van der Waals surface area (Å²) in [5, 5.41) is 10.8. The fourth-order valence-electron chi connectivity index (χ4n) is 3.42. The zero-order valence-corrected chi connectivity index (χ0v) is 16.0. The number of nitrogens with two attached hydrogens (primary N) is 1. The van der Waals surface area contributed by atoms with E-state index in [1.54, 1.807) is 0 Å². The number of hydrazine groups is 1. The van der Waals surface area contributed by atoms with E-state index in [0.29, 0.717) is 6.54 Å². The molecule has 3 aliphatic rings. The predicted octanol–water partition coefficient (Wildman–Crippen LogP) is 0.492. The third kappa shape index (κ3) is 2.91. The van der Waals surface area contributed by atoms with Gasteiger partial charge in [0.25, 0.3) is 0 Å². The highest BCUT2D eigenvalue weighted by Crippen LogP contribution is 2.30. The number of hydrogen-bond acceptors (Lipinski definition) is 8. The second-order valence-corrected chi connectivity index (χ2v) is 7.78. The molecule has 4 N–H and O–H groups in total. The molecule has 3 aliphatic heterocycles. The van der Waals surface area contributed by atoms with Gasteiger partial charge < -0.3 is 16.0 Å². The number of likely N-dealkylation sites (tertiary alicyclic amines) is 1. The van der Waals surface area contributed by atoms with Crippen LogP contribution in [0.3, 0.4) is 0 Å². The van der Waals surface area contributed by atoms with Gasteiger partial charge in [0.1, 0.15) is 16.6 Å². The highest BCUT2D eigenvalue weighted by atomic mass is 32.1. The lowest BCUT2D eigenvalue weighted by Gasteiger charge is -2.43. The summed E-state index contributed by atoms with van der Waals surface area (Å²) in [5.74, 6) is 2.84. The Morgan fingerprint density at radius 1 is 1.37 bits per heavy atom. The third-order valence-electron chi connectivity index (χ3n) is 4.81. The lowest BCUT2D eigenvalue weighted by Crippen LogP contribution is -2.58. The van der Waals surface area contributed by atoms with E-state index in [4.69, 9.17) is 10.7 Å². The van der Waals surface area contributed by atoms with E-state index >= 15 is 0 Å². The summed E-state index contributed by atoms with van der Waals surface area (Å²) in [6, 6.07) is 2.22. The van der Waals surface area contributed by atoms with Crippen LogP contribution in [0, 0.1) is 6.92 Å². The number of aromatic nitrogens is 3. The van der Waals surface area contributed by atoms with E-state index in [0.717, 1.165) is 52.4 Å². The van der Waals surface area contributed by atoms with Crippen molar-refractivity contribution in [3.05, 3.63) is 47.4 Å². The minimum absolute atomic E-state index is 0.226. The van der Waals surface area contributed by atoms with Gasteiger partial charge in [-0.1, -0.05) is 0 Å². The van der Waals surface area contributed by atoms with Gasteiger partial charge in [-0.25, -0.2) is 15.4 Å². The Morgan fingerprint density at radius 3 is 2.89 bits per heavy atom. The highest BCUT2D eigenvalue weighted by Gasteiger charge is 2.35. The quantitative estimate of drug-likeness (QED) is 0.709. The molecule has 5 rings (SSSR count). The molecule has 10 heteroatoms. The van der Waals surface area contributed by atoms with E-state index in [-0.39, 0.29) is 6.04 Å². The summed E-state index contributed by atoms with van der Waals surface area (Å²) in [6.07, 6.45) is 5.97. The number of aliphatic imine (C=N–C) groups is 1. The molecule has 1 fully saturated rings. The molecule has 0 aromatic carbocycles. The molecular weight excluding hydrogens is 362 g/mol. The molecule has 0 bridgehead atoms. The first-order valence-corrected chi connectivity index (χ1v) is 9.61. The Labute approximate surface area is 161 Å². The number of rotatable bonds is 3. The molecule has 5 heterocycles. The smallest absolute Gasteiger partial charge is 0.154 e. The molecular formula is C17H21N9S. The van der Waals surface area contributed by atoms with Crippen LogP contribution < -0.4 is 16.5 Å². The van der Waals surface area contributed by atoms with E-state index in [1.165, 1.54) is 11.5 Å². The molecule has 2 aromatic rings. The second kappa shape index (κ2) is 6.19. The number of hydrogen-bond donors (Lipinski definition) is 3. The molecule has 0 saturated carbocycles. The first kappa shape index (κ1) is 16.5. The number of nitrogens with zero attached hydrogens (tertiary/aromatic N) is 6. The summed E-state index contributed by atoms with van der Waals surface area (Å²) >= 11 is 1.40. The fraction of sp³-hybridized carbons (Fsp3) is 0.353. The lowest BCUT2D eigenvalue weighted by atomic mass is 10.1. The third-order valence-corrected chi connectivity index (χ3v) is 5.58. The van der Waals surface area contributed by atoms with E-state index in [2.05, 4.69) is 31.2 Å². The fourth-order valence-corrected chi connectivity index (χ4v) is 4.07. The predicted molar refractivity (Wildman–Crippen MR) is 105 cm³/mol. The van der Waals surface area contributed by atoms with Crippen molar-refractivity contribution in [3.8, 4) is 0 Å². The van der Waals surface area contributed by atoms with Crippen molar-refractivity contribution in [1.82, 2.24) is 34.8 Å². The van der Waals surface area contributed by atoms with Gasteiger partial charge in [-0.15, -0.1) is 0 Å². The summed E-state index contributed by atoms with van der Waals surface area (Å²) < 4.78 is 6.15. The Balaban J connectivity index is 1.57. The highest BCUT2D eigenvalue weighted by molar-refractivity contribution is 7.09. The second-order valence-electron chi connectivity index (χ2n) is 7.00. The largest absolute Gasteiger partial charge is 0.355 e. The van der Waals surface area contributed by atoms with Crippen LogP contribution in [0.1, 0.15) is 11.3 Å².